The predicted octanol–water partition coefficient (Wildman–Crippen LogP) is 1.73. The van der Waals surface area contributed by atoms with E-state index in [0.717, 1.165) is 38.3 Å². The fourth-order valence-electron chi connectivity index (χ4n) is 2.67. The minimum atomic E-state index is -0.149. The Morgan fingerprint density at radius 1 is 1.37 bits per heavy atom. The number of aryl methyl sites for hydroxylation is 1. The molecule has 0 spiro atoms. The molecule has 2 N–H and O–H groups in total. The first kappa shape index (κ1) is 14.4. The fraction of sp³-hybridized carbons (Fsp3) is 0.600. The zero-order chi connectivity index (χ0) is 13.9. The maximum Gasteiger partial charge on any atom is 0.126 e. The van der Waals surface area contributed by atoms with Gasteiger partial charge >= 0.3 is 0 Å². The van der Waals surface area contributed by atoms with Gasteiger partial charge in [-0.25, -0.2) is 4.39 Å². The van der Waals surface area contributed by atoms with Gasteiger partial charge in [0, 0.05) is 25.2 Å². The Morgan fingerprint density at radius 2 is 2.05 bits per heavy atom. The second kappa shape index (κ2) is 5.99. The van der Waals surface area contributed by atoms with Crippen LogP contribution in [0.15, 0.2) is 18.2 Å². The van der Waals surface area contributed by atoms with Crippen LogP contribution in [0.2, 0.25) is 0 Å². The Kier molecular flexibility index (Phi) is 4.55. The molecular weight excluding hydrogens is 243 g/mol. The van der Waals surface area contributed by atoms with Crippen molar-refractivity contribution in [3.05, 3.63) is 35.1 Å². The molecule has 2 rings (SSSR count). The summed E-state index contributed by atoms with van der Waals surface area (Å²) in [6.07, 6.45) is 0.838. The van der Waals surface area contributed by atoms with E-state index in [9.17, 15) is 4.39 Å². The maximum absolute atomic E-state index is 13.3. The molecule has 0 aromatic heterocycles. The van der Waals surface area contributed by atoms with Crippen molar-refractivity contribution in [1.82, 2.24) is 4.90 Å². The van der Waals surface area contributed by atoms with E-state index in [1.807, 2.05) is 12.1 Å². The maximum atomic E-state index is 13.3. The van der Waals surface area contributed by atoms with Crippen LogP contribution in [0.25, 0.3) is 0 Å². The molecule has 0 saturated carbocycles. The monoisotopic (exact) mass is 266 g/mol. The minimum Gasteiger partial charge on any atom is -0.379 e. The summed E-state index contributed by atoms with van der Waals surface area (Å²) in [4.78, 5) is 2.38. The van der Waals surface area contributed by atoms with Gasteiger partial charge in [0.2, 0.25) is 0 Å². The number of ether oxygens (including phenoxy) is 1. The Hall–Kier alpha value is -0.970. The molecule has 1 aliphatic rings. The van der Waals surface area contributed by atoms with Gasteiger partial charge in [-0.1, -0.05) is 12.1 Å². The van der Waals surface area contributed by atoms with E-state index in [2.05, 4.69) is 11.8 Å². The molecule has 0 bridgehead atoms. The van der Waals surface area contributed by atoms with Gasteiger partial charge in [0.25, 0.3) is 0 Å². The number of hydrogen-bond donors (Lipinski definition) is 1. The van der Waals surface area contributed by atoms with Crippen LogP contribution in [0.4, 0.5) is 4.39 Å². The van der Waals surface area contributed by atoms with E-state index in [-0.39, 0.29) is 11.4 Å². The van der Waals surface area contributed by atoms with Crippen molar-refractivity contribution in [2.24, 2.45) is 5.73 Å². The van der Waals surface area contributed by atoms with Crippen molar-refractivity contribution in [1.29, 1.82) is 0 Å². The molecule has 1 saturated heterocycles. The molecule has 1 atom stereocenters. The van der Waals surface area contributed by atoms with Crippen molar-refractivity contribution in [3.63, 3.8) is 0 Å². The normalized spacial score (nSPS) is 20.2. The van der Waals surface area contributed by atoms with Gasteiger partial charge in [0.05, 0.1) is 13.2 Å². The third-order valence-corrected chi connectivity index (χ3v) is 4.02. The van der Waals surface area contributed by atoms with Crippen LogP contribution in [0, 0.1) is 12.7 Å². The van der Waals surface area contributed by atoms with Gasteiger partial charge in [-0.3, -0.25) is 4.90 Å². The molecule has 0 radical (unpaired) electrons. The van der Waals surface area contributed by atoms with Crippen molar-refractivity contribution in [2.45, 2.75) is 25.8 Å². The molecular formula is C15H23FN2O. The van der Waals surface area contributed by atoms with E-state index in [1.165, 1.54) is 0 Å². The predicted molar refractivity (Wildman–Crippen MR) is 74.7 cm³/mol. The standard InChI is InChI=1S/C15H23FN2O/c1-12-9-13(3-4-14(12)16)10-15(2,11-17)18-5-7-19-8-6-18/h3-4,9H,5-8,10-11,17H2,1-2H3. The van der Waals surface area contributed by atoms with Crippen LogP contribution in [0.3, 0.4) is 0 Å². The third kappa shape index (κ3) is 3.32. The Morgan fingerprint density at radius 3 is 2.63 bits per heavy atom. The highest BCUT2D eigenvalue weighted by molar-refractivity contribution is 5.25. The SMILES string of the molecule is Cc1cc(CC(C)(CN)N2CCOCC2)ccc1F. The zero-order valence-corrected chi connectivity index (χ0v) is 11.8. The number of benzene rings is 1. The molecule has 1 heterocycles. The lowest BCUT2D eigenvalue weighted by Crippen LogP contribution is -2.56. The van der Waals surface area contributed by atoms with Crippen molar-refractivity contribution >= 4 is 0 Å². The highest BCUT2D eigenvalue weighted by Crippen LogP contribution is 2.22. The third-order valence-electron chi connectivity index (χ3n) is 4.02. The van der Waals surface area contributed by atoms with E-state index < -0.39 is 0 Å². The van der Waals surface area contributed by atoms with Crippen LogP contribution in [0.5, 0.6) is 0 Å². The van der Waals surface area contributed by atoms with Crippen LogP contribution in [-0.2, 0) is 11.2 Å². The largest absolute Gasteiger partial charge is 0.379 e. The Labute approximate surface area is 114 Å². The van der Waals surface area contributed by atoms with Crippen LogP contribution >= 0.6 is 0 Å². The van der Waals surface area contributed by atoms with Gasteiger partial charge in [0.15, 0.2) is 0 Å². The molecule has 0 aliphatic carbocycles. The number of morpholine rings is 1. The summed E-state index contributed by atoms with van der Waals surface area (Å²) in [5, 5.41) is 0. The zero-order valence-electron chi connectivity index (χ0n) is 11.8. The van der Waals surface area contributed by atoms with E-state index >= 15 is 0 Å². The van der Waals surface area contributed by atoms with Crippen LogP contribution in [0.1, 0.15) is 18.1 Å². The summed E-state index contributed by atoms with van der Waals surface area (Å²) in [5.74, 6) is -0.149. The van der Waals surface area contributed by atoms with E-state index in [0.29, 0.717) is 12.1 Å². The van der Waals surface area contributed by atoms with Crippen molar-refractivity contribution in [3.8, 4) is 0 Å². The quantitative estimate of drug-likeness (QED) is 0.902. The number of nitrogens with zero attached hydrogens (tertiary/aromatic N) is 1. The summed E-state index contributed by atoms with van der Waals surface area (Å²) in [7, 11) is 0. The highest BCUT2D eigenvalue weighted by Gasteiger charge is 2.31. The van der Waals surface area contributed by atoms with Gasteiger partial charge < -0.3 is 10.5 Å². The molecule has 1 fully saturated rings. The summed E-state index contributed by atoms with van der Waals surface area (Å²) >= 11 is 0. The van der Waals surface area contributed by atoms with Gasteiger partial charge in [0.1, 0.15) is 5.82 Å². The first-order valence-corrected chi connectivity index (χ1v) is 6.83. The lowest BCUT2D eigenvalue weighted by atomic mass is 9.90. The smallest absolute Gasteiger partial charge is 0.126 e. The van der Waals surface area contributed by atoms with Crippen LogP contribution in [-0.4, -0.2) is 43.3 Å². The van der Waals surface area contributed by atoms with Crippen LogP contribution < -0.4 is 5.73 Å². The first-order valence-electron chi connectivity index (χ1n) is 6.83. The number of rotatable bonds is 4. The molecule has 1 aromatic rings. The van der Waals surface area contributed by atoms with Crippen molar-refractivity contribution in [2.75, 3.05) is 32.8 Å². The molecule has 1 unspecified atom stereocenters. The second-order valence-corrected chi connectivity index (χ2v) is 5.56. The average molecular weight is 266 g/mol. The minimum absolute atomic E-state index is 0.0892. The summed E-state index contributed by atoms with van der Waals surface area (Å²) in [5.41, 5.74) is 7.74. The Balaban J connectivity index is 2.14. The summed E-state index contributed by atoms with van der Waals surface area (Å²) in [6, 6.07) is 5.32. The van der Waals surface area contributed by atoms with E-state index in [1.54, 1.807) is 13.0 Å². The lowest BCUT2D eigenvalue weighted by Gasteiger charge is -2.43. The molecule has 3 nitrogen and oxygen atoms in total. The Bertz CT molecular complexity index is 432. The second-order valence-electron chi connectivity index (χ2n) is 5.56. The summed E-state index contributed by atoms with van der Waals surface area (Å²) < 4.78 is 18.7. The molecule has 1 aromatic carbocycles. The molecule has 19 heavy (non-hydrogen) atoms. The number of nitrogens with two attached hydrogens (primary N) is 1. The molecule has 0 amide bonds. The van der Waals surface area contributed by atoms with Gasteiger partial charge in [-0.05, 0) is 37.5 Å². The first-order chi connectivity index (χ1) is 9.05. The molecule has 4 heteroatoms. The summed E-state index contributed by atoms with van der Waals surface area (Å²) in [6.45, 7) is 7.91. The number of halogens is 1. The van der Waals surface area contributed by atoms with Gasteiger partial charge in [-0.15, -0.1) is 0 Å². The van der Waals surface area contributed by atoms with Crippen molar-refractivity contribution < 1.29 is 9.13 Å². The average Bonchev–Trinajstić information content (AvgIpc) is 2.44. The van der Waals surface area contributed by atoms with Gasteiger partial charge in [-0.2, -0.15) is 0 Å². The lowest BCUT2D eigenvalue weighted by molar-refractivity contribution is -0.0132. The highest BCUT2D eigenvalue weighted by atomic mass is 19.1. The molecule has 1 aliphatic heterocycles. The van der Waals surface area contributed by atoms with E-state index in [4.69, 9.17) is 10.5 Å². The molecule has 106 valence electrons. The fourth-order valence-corrected chi connectivity index (χ4v) is 2.67. The number of hydrogen-bond acceptors (Lipinski definition) is 3. The topological polar surface area (TPSA) is 38.5 Å².